The highest BCUT2D eigenvalue weighted by molar-refractivity contribution is 6.01. The van der Waals surface area contributed by atoms with Crippen LogP contribution < -0.4 is 16.0 Å². The van der Waals surface area contributed by atoms with Crippen molar-refractivity contribution in [3.8, 4) is 0 Å². The third kappa shape index (κ3) is 6.22. The average Bonchev–Trinajstić information content (AvgIpc) is 3.86. The lowest BCUT2D eigenvalue weighted by atomic mass is 9.87. The minimum absolute atomic E-state index is 0.000217. The molecule has 0 unspecified atom stereocenters. The van der Waals surface area contributed by atoms with E-state index in [0.29, 0.717) is 36.6 Å². The fourth-order valence-electron chi connectivity index (χ4n) is 7.06. The maximum absolute atomic E-state index is 13.7. The molecular formula is C34H46N6O3. The predicted octanol–water partition coefficient (Wildman–Crippen LogP) is 5.17. The van der Waals surface area contributed by atoms with Crippen molar-refractivity contribution < 1.29 is 14.4 Å². The van der Waals surface area contributed by atoms with E-state index in [1.54, 1.807) is 6.33 Å². The number of nitrogens with zero attached hydrogens (tertiary/aromatic N) is 3. The summed E-state index contributed by atoms with van der Waals surface area (Å²) in [7, 11) is 1.84. The average molecular weight is 587 g/mol. The summed E-state index contributed by atoms with van der Waals surface area (Å²) in [6.07, 6.45) is 17.1. The number of aromatic nitrogens is 2. The second-order valence-corrected chi connectivity index (χ2v) is 13.0. The summed E-state index contributed by atoms with van der Waals surface area (Å²) in [5, 5.41) is 9.61. The van der Waals surface area contributed by atoms with E-state index in [1.807, 2.05) is 18.0 Å². The number of nitrogens with one attached hydrogen (secondary N) is 3. The van der Waals surface area contributed by atoms with E-state index >= 15 is 0 Å². The third-order valence-corrected chi connectivity index (χ3v) is 9.89. The highest BCUT2D eigenvalue weighted by Crippen LogP contribution is 2.46. The molecule has 3 N–H and O–H groups in total. The van der Waals surface area contributed by atoms with Crippen LogP contribution >= 0.6 is 0 Å². The highest BCUT2D eigenvalue weighted by Gasteiger charge is 2.40. The SMILES string of the molecule is C=CCCC/C=C1\C[C@@H]1C(=O)NC1=C(C(=O)NCC2CC2)C2=C(CC[C@H](n3cnc(C(=O)N4CCC[C@@H]4C)c3NC)C2)C1. The van der Waals surface area contributed by atoms with E-state index in [4.69, 9.17) is 0 Å². The van der Waals surface area contributed by atoms with Gasteiger partial charge in [-0.15, -0.1) is 6.58 Å². The molecule has 9 heteroatoms. The first kappa shape index (κ1) is 29.5. The van der Waals surface area contributed by atoms with Crippen LogP contribution in [0.25, 0.3) is 0 Å². The number of allylic oxidation sites excluding steroid dienone is 3. The number of amides is 3. The Morgan fingerprint density at radius 3 is 2.70 bits per heavy atom. The molecular weight excluding hydrogens is 540 g/mol. The zero-order valence-corrected chi connectivity index (χ0v) is 25.7. The number of unbranched alkanes of at least 4 members (excludes halogenated alkanes) is 2. The zero-order valence-electron chi connectivity index (χ0n) is 25.7. The molecule has 4 aliphatic carbocycles. The van der Waals surface area contributed by atoms with E-state index in [2.05, 4.69) is 45.1 Å². The Bertz CT molecular complexity index is 1400. The van der Waals surface area contributed by atoms with Crippen molar-refractivity contribution in [3.05, 3.63) is 58.7 Å². The largest absolute Gasteiger partial charge is 0.373 e. The van der Waals surface area contributed by atoms with Crippen molar-refractivity contribution in [3.63, 3.8) is 0 Å². The third-order valence-electron chi connectivity index (χ3n) is 9.89. The first-order valence-electron chi connectivity index (χ1n) is 16.3. The lowest BCUT2D eigenvalue weighted by Gasteiger charge is -2.28. The Labute approximate surface area is 254 Å². The number of imidazole rings is 1. The molecule has 230 valence electrons. The Morgan fingerprint density at radius 1 is 1.14 bits per heavy atom. The van der Waals surface area contributed by atoms with E-state index in [1.165, 1.54) is 11.1 Å². The summed E-state index contributed by atoms with van der Waals surface area (Å²) in [6.45, 7) is 7.32. The smallest absolute Gasteiger partial charge is 0.276 e. The molecule has 0 bridgehead atoms. The summed E-state index contributed by atoms with van der Waals surface area (Å²) in [5.74, 6) is 1.10. The topological polar surface area (TPSA) is 108 Å². The van der Waals surface area contributed by atoms with Crippen molar-refractivity contribution >= 4 is 23.5 Å². The number of carbonyl (C=O) groups is 3. The monoisotopic (exact) mass is 586 g/mol. The van der Waals surface area contributed by atoms with Gasteiger partial charge in [0.25, 0.3) is 11.8 Å². The molecule has 1 aliphatic heterocycles. The van der Waals surface area contributed by atoms with Crippen LogP contribution in [0.2, 0.25) is 0 Å². The van der Waals surface area contributed by atoms with E-state index < -0.39 is 0 Å². The van der Waals surface area contributed by atoms with Crippen LogP contribution in [0.4, 0.5) is 5.82 Å². The Hall–Kier alpha value is -3.62. The summed E-state index contributed by atoms with van der Waals surface area (Å²) < 4.78 is 2.09. The molecule has 2 saturated carbocycles. The van der Waals surface area contributed by atoms with Crippen LogP contribution in [0.3, 0.4) is 0 Å². The molecule has 1 saturated heterocycles. The van der Waals surface area contributed by atoms with Crippen molar-refractivity contribution in [1.29, 1.82) is 0 Å². The molecule has 0 radical (unpaired) electrons. The molecule has 3 atom stereocenters. The standard InChI is InChI=1S/C34H46N6O3/c1-4-5-6-7-10-23-16-27(23)32(41)38-28-17-24-13-14-25(18-26(24)29(28)33(42)36-19-22-11-12-22)40-20-37-30(31(40)35-3)34(43)39-15-8-9-21(39)2/h4,10,20-22,25,27,35H,1,5-9,11-19H2,2-3H3,(H,36,42)(H,38,41)/b23-10+/t21-,25-,27-/m0/s1. The summed E-state index contributed by atoms with van der Waals surface area (Å²) in [4.78, 5) is 46.8. The van der Waals surface area contributed by atoms with Gasteiger partial charge in [-0.1, -0.05) is 23.3 Å². The lowest BCUT2D eigenvalue weighted by molar-refractivity contribution is -0.121. The van der Waals surface area contributed by atoms with Crippen LogP contribution in [0.5, 0.6) is 0 Å². The van der Waals surface area contributed by atoms with E-state index in [0.717, 1.165) is 87.8 Å². The van der Waals surface area contributed by atoms with Gasteiger partial charge in [-0.25, -0.2) is 4.98 Å². The van der Waals surface area contributed by atoms with Crippen LogP contribution in [0, 0.1) is 11.8 Å². The number of likely N-dealkylation sites (tertiary alicyclic amines) is 1. The molecule has 9 nitrogen and oxygen atoms in total. The van der Waals surface area contributed by atoms with Crippen LogP contribution in [0.15, 0.2) is 53.0 Å². The van der Waals surface area contributed by atoms with Crippen molar-refractivity contribution in [1.82, 2.24) is 25.1 Å². The van der Waals surface area contributed by atoms with Crippen LogP contribution in [-0.2, 0) is 9.59 Å². The first-order valence-corrected chi connectivity index (χ1v) is 16.3. The van der Waals surface area contributed by atoms with Gasteiger partial charge in [-0.2, -0.15) is 0 Å². The van der Waals surface area contributed by atoms with Gasteiger partial charge < -0.3 is 25.4 Å². The number of anilines is 1. The van der Waals surface area contributed by atoms with Crippen LogP contribution in [0.1, 0.15) is 101 Å². The maximum Gasteiger partial charge on any atom is 0.276 e. The van der Waals surface area contributed by atoms with Crippen LogP contribution in [-0.4, -0.2) is 58.4 Å². The molecule has 1 aromatic rings. The Morgan fingerprint density at radius 2 is 1.98 bits per heavy atom. The van der Waals surface area contributed by atoms with Crippen molar-refractivity contribution in [2.24, 2.45) is 11.8 Å². The summed E-state index contributed by atoms with van der Waals surface area (Å²) >= 11 is 0. The van der Waals surface area contributed by atoms with Gasteiger partial charge in [0.2, 0.25) is 5.91 Å². The number of carbonyl (C=O) groups excluding carboxylic acids is 3. The van der Waals surface area contributed by atoms with Gasteiger partial charge in [0.1, 0.15) is 5.82 Å². The fraction of sp³-hybridized carbons (Fsp3) is 0.588. The zero-order chi connectivity index (χ0) is 30.1. The normalized spacial score (nSPS) is 25.7. The Balaban J connectivity index is 1.20. The van der Waals surface area contributed by atoms with Crippen molar-refractivity contribution in [2.45, 2.75) is 96.1 Å². The minimum Gasteiger partial charge on any atom is -0.373 e. The van der Waals surface area contributed by atoms with Gasteiger partial charge in [0, 0.05) is 44.3 Å². The quantitative estimate of drug-likeness (QED) is 0.231. The number of rotatable bonds is 12. The van der Waals surface area contributed by atoms with Crippen molar-refractivity contribution in [2.75, 3.05) is 25.5 Å². The Kier molecular flexibility index (Phi) is 8.59. The molecule has 2 heterocycles. The van der Waals surface area contributed by atoms with Gasteiger partial charge in [-0.3, -0.25) is 14.4 Å². The molecule has 3 fully saturated rings. The minimum atomic E-state index is -0.0872. The molecule has 43 heavy (non-hydrogen) atoms. The molecule has 6 rings (SSSR count). The molecule has 1 aromatic heterocycles. The molecule has 3 amide bonds. The molecule has 5 aliphatic rings. The van der Waals surface area contributed by atoms with Gasteiger partial charge >= 0.3 is 0 Å². The number of hydrogen-bond acceptors (Lipinski definition) is 5. The first-order chi connectivity index (χ1) is 20.9. The summed E-state index contributed by atoms with van der Waals surface area (Å²) in [6, 6.07) is 0.277. The fourth-order valence-corrected chi connectivity index (χ4v) is 7.06. The second-order valence-electron chi connectivity index (χ2n) is 13.0. The van der Waals surface area contributed by atoms with Gasteiger partial charge in [-0.05, 0) is 89.0 Å². The van der Waals surface area contributed by atoms with E-state index in [-0.39, 0.29) is 35.7 Å². The maximum atomic E-state index is 13.7. The molecule has 0 spiro atoms. The second kappa shape index (κ2) is 12.5. The highest BCUT2D eigenvalue weighted by atomic mass is 16.2. The number of hydrogen-bond donors (Lipinski definition) is 3. The van der Waals surface area contributed by atoms with E-state index in [9.17, 15) is 14.4 Å². The lowest BCUT2D eigenvalue weighted by Crippen LogP contribution is -2.34. The molecule has 0 aromatic carbocycles. The predicted molar refractivity (Wildman–Crippen MR) is 167 cm³/mol. The van der Waals surface area contributed by atoms with Gasteiger partial charge in [0.05, 0.1) is 17.8 Å². The van der Waals surface area contributed by atoms with Gasteiger partial charge in [0.15, 0.2) is 5.69 Å². The summed E-state index contributed by atoms with van der Waals surface area (Å²) in [5.41, 5.74) is 5.36.